The third-order valence-electron chi connectivity index (χ3n) is 10.3. The largest absolute Gasteiger partial charge is 0.394 e. The lowest BCUT2D eigenvalue weighted by molar-refractivity contribution is -0.393. The first-order valence-electron chi connectivity index (χ1n) is 17.5. The molecule has 5 aliphatic rings. The molecule has 25 atom stereocenters. The Kier molecular flexibility index (Phi) is 15.5. The van der Waals surface area contributed by atoms with Gasteiger partial charge in [0.05, 0.1) is 32.5 Å². The van der Waals surface area contributed by atoms with E-state index in [-0.39, 0.29) is 0 Å². The fourth-order valence-electron chi connectivity index (χ4n) is 6.85. The van der Waals surface area contributed by atoms with E-state index >= 15 is 0 Å². The number of ether oxygens (including phenoxy) is 9. The molecule has 5 fully saturated rings. The number of aliphatic hydroxyl groups excluding tert-OH is 16. The molecule has 0 aromatic rings. The average molecular weight is 813 g/mol. The lowest BCUT2D eigenvalue weighted by Crippen LogP contribution is -2.67. The summed E-state index contributed by atoms with van der Waals surface area (Å²) < 4.78 is 49.7. The summed E-state index contributed by atoms with van der Waals surface area (Å²) in [6.45, 7) is -2.11. The Morgan fingerprint density at radius 3 is 1.36 bits per heavy atom. The van der Waals surface area contributed by atoms with Crippen LogP contribution in [0, 0.1) is 0 Å². The zero-order valence-corrected chi connectivity index (χ0v) is 29.1. The van der Waals surface area contributed by atoms with Gasteiger partial charge in [-0.3, -0.25) is 0 Å². The molecule has 5 heterocycles. The van der Waals surface area contributed by atoms with Crippen LogP contribution in [0.25, 0.3) is 0 Å². The van der Waals surface area contributed by atoms with Crippen LogP contribution in [0.1, 0.15) is 6.92 Å². The van der Waals surface area contributed by atoms with Crippen molar-refractivity contribution in [1.29, 1.82) is 0 Å². The van der Waals surface area contributed by atoms with Crippen LogP contribution in [-0.4, -0.2) is 262 Å². The second-order valence-corrected chi connectivity index (χ2v) is 14.0. The Bertz CT molecular complexity index is 1190. The fraction of sp³-hybridized carbons (Fsp3) is 1.00. The molecule has 1 unspecified atom stereocenters. The zero-order valence-electron chi connectivity index (χ0n) is 29.1. The molecular weight excluding hydrogens is 760 g/mol. The van der Waals surface area contributed by atoms with Crippen molar-refractivity contribution in [2.45, 2.75) is 160 Å². The Hall–Kier alpha value is -1.00. The van der Waals surface area contributed by atoms with Crippen molar-refractivity contribution in [3.63, 3.8) is 0 Å². The minimum absolute atomic E-state index is 0.810. The van der Waals surface area contributed by atoms with Gasteiger partial charge in [0.15, 0.2) is 31.5 Å². The molecule has 0 aromatic heterocycles. The van der Waals surface area contributed by atoms with Crippen LogP contribution >= 0.6 is 0 Å². The number of rotatable bonds is 12. The molecule has 0 bridgehead atoms. The normalized spacial score (nSPS) is 53.9. The molecule has 0 spiro atoms. The molecule has 25 heteroatoms. The lowest BCUT2D eigenvalue weighted by atomic mass is 9.95. The van der Waals surface area contributed by atoms with E-state index in [0.717, 1.165) is 0 Å². The summed E-state index contributed by atoms with van der Waals surface area (Å²) in [4.78, 5) is 0. The summed E-state index contributed by atoms with van der Waals surface area (Å²) in [5.41, 5.74) is 0. The SMILES string of the molecule is C[C@@H]1O[C@@H](O[C@H]2C(O)O[C@H](CO)[C@@H](O[C@@H]3O[C@H](CO[C@@H]4O[C@H](CO)[C@@H](O)[C@H](O)[C@H]4O)[C@@H](O)[C@H](O[C@@H]4O[C@H](CO)[C@@H](O)[C@H](O)[C@H]4O)[C@H]3O)[C@@H]2O)[C@H](O)[C@H](O)[C@H]1O. The van der Waals surface area contributed by atoms with Gasteiger partial charge in [-0.25, -0.2) is 0 Å². The van der Waals surface area contributed by atoms with Gasteiger partial charge in [-0.15, -0.1) is 0 Å². The van der Waals surface area contributed by atoms with Crippen LogP contribution in [0.4, 0.5) is 0 Å². The Morgan fingerprint density at radius 1 is 0.364 bits per heavy atom. The maximum atomic E-state index is 11.4. The predicted molar refractivity (Wildman–Crippen MR) is 165 cm³/mol. The highest BCUT2D eigenvalue weighted by Crippen LogP contribution is 2.35. The summed E-state index contributed by atoms with van der Waals surface area (Å²) in [6, 6.07) is 0. The van der Waals surface area contributed by atoms with Crippen molar-refractivity contribution in [1.82, 2.24) is 0 Å². The average Bonchev–Trinajstić information content (AvgIpc) is 3.16. The Morgan fingerprint density at radius 2 is 0.800 bits per heavy atom. The van der Waals surface area contributed by atoms with Gasteiger partial charge in [0.2, 0.25) is 0 Å². The van der Waals surface area contributed by atoms with E-state index in [1.54, 1.807) is 0 Å². The van der Waals surface area contributed by atoms with E-state index in [9.17, 15) is 81.7 Å². The third-order valence-corrected chi connectivity index (χ3v) is 10.3. The van der Waals surface area contributed by atoms with Crippen molar-refractivity contribution in [2.75, 3.05) is 26.4 Å². The van der Waals surface area contributed by atoms with Crippen molar-refractivity contribution in [2.24, 2.45) is 0 Å². The minimum atomic E-state index is -2.15. The summed E-state index contributed by atoms with van der Waals surface area (Å²) >= 11 is 0. The van der Waals surface area contributed by atoms with Gasteiger partial charge in [-0.1, -0.05) is 0 Å². The predicted octanol–water partition coefficient (Wildman–Crippen LogP) is -10.9. The number of hydrogen-bond acceptors (Lipinski definition) is 25. The van der Waals surface area contributed by atoms with Crippen LogP contribution in [0.3, 0.4) is 0 Å². The Labute approximate surface area is 311 Å². The van der Waals surface area contributed by atoms with Crippen molar-refractivity contribution < 1.29 is 124 Å². The zero-order chi connectivity index (χ0) is 40.6. The van der Waals surface area contributed by atoms with Crippen LogP contribution in [0.2, 0.25) is 0 Å². The van der Waals surface area contributed by atoms with Gasteiger partial charge in [0.1, 0.15) is 116 Å². The maximum absolute atomic E-state index is 11.4. The van der Waals surface area contributed by atoms with Crippen LogP contribution in [0.5, 0.6) is 0 Å². The summed E-state index contributed by atoms with van der Waals surface area (Å²) in [5.74, 6) is 0. The lowest BCUT2D eigenvalue weighted by Gasteiger charge is -2.49. The van der Waals surface area contributed by atoms with E-state index in [1.165, 1.54) is 6.92 Å². The van der Waals surface area contributed by atoms with E-state index in [2.05, 4.69) is 0 Å². The minimum Gasteiger partial charge on any atom is -0.394 e. The van der Waals surface area contributed by atoms with Gasteiger partial charge < -0.3 is 124 Å². The first kappa shape index (κ1) is 45.1. The smallest absolute Gasteiger partial charge is 0.187 e. The quantitative estimate of drug-likeness (QED) is 0.0870. The highest BCUT2D eigenvalue weighted by molar-refractivity contribution is 4.98. The van der Waals surface area contributed by atoms with E-state index in [0.29, 0.717) is 0 Å². The van der Waals surface area contributed by atoms with E-state index in [1.807, 2.05) is 0 Å². The summed E-state index contributed by atoms with van der Waals surface area (Å²) in [5, 5.41) is 166. The Balaban J connectivity index is 1.38. The number of hydrogen-bond donors (Lipinski definition) is 16. The highest BCUT2D eigenvalue weighted by Gasteiger charge is 2.56. The topological polar surface area (TPSA) is 407 Å². The van der Waals surface area contributed by atoms with Gasteiger partial charge in [-0.2, -0.15) is 0 Å². The monoisotopic (exact) mass is 812 g/mol. The first-order chi connectivity index (χ1) is 25.9. The molecule has 0 aromatic carbocycles. The van der Waals surface area contributed by atoms with Crippen LogP contribution in [0.15, 0.2) is 0 Å². The molecular formula is C30H52O25. The molecule has 16 N–H and O–H groups in total. The van der Waals surface area contributed by atoms with Crippen molar-refractivity contribution in [3.05, 3.63) is 0 Å². The molecule has 5 rings (SSSR count). The summed E-state index contributed by atoms with van der Waals surface area (Å²) in [7, 11) is 0. The summed E-state index contributed by atoms with van der Waals surface area (Å²) in [6.07, 6.45) is -45.2. The second kappa shape index (κ2) is 18.9. The molecule has 55 heavy (non-hydrogen) atoms. The van der Waals surface area contributed by atoms with Crippen molar-refractivity contribution in [3.8, 4) is 0 Å². The highest BCUT2D eigenvalue weighted by atomic mass is 16.8. The van der Waals surface area contributed by atoms with E-state index in [4.69, 9.17) is 42.6 Å². The maximum Gasteiger partial charge on any atom is 0.187 e. The first-order valence-corrected chi connectivity index (χ1v) is 17.5. The molecule has 0 saturated carbocycles. The van der Waals surface area contributed by atoms with Gasteiger partial charge in [0, 0.05) is 0 Å². The second-order valence-electron chi connectivity index (χ2n) is 14.0. The molecule has 25 nitrogen and oxygen atoms in total. The molecule has 5 aliphatic heterocycles. The van der Waals surface area contributed by atoms with Gasteiger partial charge >= 0.3 is 0 Å². The molecule has 0 amide bonds. The van der Waals surface area contributed by atoms with E-state index < -0.39 is 180 Å². The van der Waals surface area contributed by atoms with Gasteiger partial charge in [-0.05, 0) is 6.92 Å². The third kappa shape index (κ3) is 9.26. The van der Waals surface area contributed by atoms with Crippen molar-refractivity contribution >= 4 is 0 Å². The molecule has 322 valence electrons. The standard InChI is InChI=1S/C30H52O25/c1-6-11(34)15(38)19(42)28(48-6)55-25-21(44)23(9(4-33)49-26(25)46)53-30-22(45)24(54-29-20(43)17(40)13(36)8(3-32)51-29)14(37)10(52-30)5-47-27-18(41)16(39)12(35)7(2-31)50-27/h6-46H,2-5H2,1H3/t6-,7+,8+,9+,10+,11-,12+,13+,14+,15+,16-,17-,18+,19+,20+,21-,22+,23+,24-,25+,26?,27+,28-,29-,30-/m0/s1. The van der Waals surface area contributed by atoms with Crippen LogP contribution in [-0.2, 0) is 42.6 Å². The molecule has 0 radical (unpaired) electrons. The molecule has 5 saturated heterocycles. The van der Waals surface area contributed by atoms with Gasteiger partial charge in [0.25, 0.3) is 0 Å². The van der Waals surface area contributed by atoms with Crippen LogP contribution < -0.4 is 0 Å². The number of aliphatic hydroxyl groups is 16. The fourth-order valence-corrected chi connectivity index (χ4v) is 6.85. The molecule has 0 aliphatic carbocycles.